The Morgan fingerprint density at radius 1 is 1.00 bits per heavy atom. The summed E-state index contributed by atoms with van der Waals surface area (Å²) in [4.78, 5) is 11.1. The normalized spacial score (nSPS) is 17.6. The van der Waals surface area contributed by atoms with E-state index in [-0.39, 0.29) is 10.6 Å². The Morgan fingerprint density at radius 2 is 1.71 bits per heavy atom. The van der Waals surface area contributed by atoms with Crippen LogP contribution >= 0.6 is 0 Å². The van der Waals surface area contributed by atoms with E-state index in [0.717, 1.165) is 51.8 Å². The van der Waals surface area contributed by atoms with Crippen molar-refractivity contribution in [1.82, 2.24) is 0 Å². The lowest BCUT2D eigenvalue weighted by molar-refractivity contribution is -0.383. The largest absolute Gasteiger partial charge is 0.388 e. The molecule has 4 aromatic carbocycles. The third kappa shape index (κ3) is 1.66. The molecule has 0 fully saturated rings. The second kappa shape index (κ2) is 4.65. The number of aliphatic hydroxyl groups is 1. The van der Waals surface area contributed by atoms with Crippen LogP contribution in [0.2, 0.25) is 0 Å². The Bertz CT molecular complexity index is 1130. The fourth-order valence-corrected chi connectivity index (χ4v) is 4.33. The summed E-state index contributed by atoms with van der Waals surface area (Å²) < 4.78 is 0. The Hall–Kier alpha value is -2.72. The SMILES string of the molecule is O=[N+]([O-])c1ccc2ccc3cc4c(c5ccc1c2c35)C(O)CCC4. The summed E-state index contributed by atoms with van der Waals surface area (Å²) in [7, 11) is 0. The first-order chi connectivity index (χ1) is 11.6. The van der Waals surface area contributed by atoms with Gasteiger partial charge in [-0.25, -0.2) is 0 Å². The van der Waals surface area contributed by atoms with Crippen molar-refractivity contribution in [2.24, 2.45) is 0 Å². The van der Waals surface area contributed by atoms with Gasteiger partial charge in [-0.2, -0.15) is 0 Å². The van der Waals surface area contributed by atoms with Crippen molar-refractivity contribution < 1.29 is 10.0 Å². The molecule has 24 heavy (non-hydrogen) atoms. The van der Waals surface area contributed by atoms with Crippen molar-refractivity contribution in [2.75, 3.05) is 0 Å². The van der Waals surface area contributed by atoms with E-state index in [0.29, 0.717) is 5.39 Å². The van der Waals surface area contributed by atoms with Gasteiger partial charge >= 0.3 is 0 Å². The summed E-state index contributed by atoms with van der Waals surface area (Å²) in [5.41, 5.74) is 2.35. The number of non-ortho nitro benzene ring substituents is 1. The molecule has 0 saturated carbocycles. The van der Waals surface area contributed by atoms with Crippen molar-refractivity contribution in [3.63, 3.8) is 0 Å². The van der Waals surface area contributed by atoms with Gasteiger partial charge < -0.3 is 5.11 Å². The predicted molar refractivity (Wildman–Crippen MR) is 94.7 cm³/mol. The molecule has 4 nitrogen and oxygen atoms in total. The monoisotopic (exact) mass is 317 g/mol. The fourth-order valence-electron chi connectivity index (χ4n) is 4.33. The number of nitro benzene ring substituents is 1. The van der Waals surface area contributed by atoms with Crippen LogP contribution in [-0.2, 0) is 6.42 Å². The molecular weight excluding hydrogens is 302 g/mol. The minimum atomic E-state index is -0.451. The van der Waals surface area contributed by atoms with Crippen LogP contribution < -0.4 is 0 Å². The molecule has 5 rings (SSSR count). The van der Waals surface area contributed by atoms with E-state index >= 15 is 0 Å². The first-order valence-electron chi connectivity index (χ1n) is 8.21. The zero-order valence-corrected chi connectivity index (χ0v) is 13.0. The Morgan fingerprint density at radius 3 is 2.54 bits per heavy atom. The molecule has 0 radical (unpaired) electrons. The molecule has 0 saturated heterocycles. The molecule has 0 amide bonds. The Labute approximate surface area is 137 Å². The summed E-state index contributed by atoms with van der Waals surface area (Å²) in [6, 6.07) is 13.4. The smallest absolute Gasteiger partial charge is 0.277 e. The molecular formula is C20H15NO3. The quantitative estimate of drug-likeness (QED) is 0.310. The van der Waals surface area contributed by atoms with Crippen LogP contribution in [-0.4, -0.2) is 10.0 Å². The van der Waals surface area contributed by atoms with Crippen molar-refractivity contribution in [2.45, 2.75) is 25.4 Å². The van der Waals surface area contributed by atoms with Crippen LogP contribution in [0, 0.1) is 10.1 Å². The van der Waals surface area contributed by atoms with E-state index in [1.165, 1.54) is 5.56 Å². The zero-order chi connectivity index (χ0) is 16.4. The van der Waals surface area contributed by atoms with Gasteiger partial charge in [0.1, 0.15) is 0 Å². The van der Waals surface area contributed by atoms with Gasteiger partial charge in [-0.05, 0) is 64.1 Å². The molecule has 0 heterocycles. The van der Waals surface area contributed by atoms with E-state index < -0.39 is 6.10 Å². The summed E-state index contributed by atoms with van der Waals surface area (Å²) >= 11 is 0. The van der Waals surface area contributed by atoms with Gasteiger partial charge in [-0.3, -0.25) is 10.1 Å². The van der Waals surface area contributed by atoms with Gasteiger partial charge in [0, 0.05) is 11.5 Å². The molecule has 1 aliphatic carbocycles. The number of fused-ring (bicyclic) bond motifs is 2. The van der Waals surface area contributed by atoms with Crippen LogP contribution in [0.1, 0.15) is 30.1 Å². The van der Waals surface area contributed by atoms with Gasteiger partial charge in [-0.15, -0.1) is 0 Å². The lowest BCUT2D eigenvalue weighted by Crippen LogP contribution is -2.10. The van der Waals surface area contributed by atoms with Gasteiger partial charge in [0.25, 0.3) is 5.69 Å². The lowest BCUT2D eigenvalue weighted by atomic mass is 9.82. The van der Waals surface area contributed by atoms with Crippen molar-refractivity contribution in [1.29, 1.82) is 0 Å². The molecule has 0 aromatic heterocycles. The molecule has 1 aliphatic rings. The minimum Gasteiger partial charge on any atom is -0.388 e. The van der Waals surface area contributed by atoms with Crippen LogP contribution in [0.15, 0.2) is 42.5 Å². The molecule has 4 aromatic rings. The molecule has 0 bridgehead atoms. The molecule has 1 unspecified atom stereocenters. The Balaban J connectivity index is 2.04. The topological polar surface area (TPSA) is 63.4 Å². The minimum absolute atomic E-state index is 0.134. The van der Waals surface area contributed by atoms with Gasteiger partial charge in [0.2, 0.25) is 0 Å². The van der Waals surface area contributed by atoms with Crippen LogP contribution in [0.3, 0.4) is 0 Å². The maximum atomic E-state index is 11.4. The van der Waals surface area contributed by atoms with E-state index in [9.17, 15) is 15.2 Å². The maximum absolute atomic E-state index is 11.4. The first-order valence-corrected chi connectivity index (χ1v) is 8.21. The average molecular weight is 317 g/mol. The molecule has 118 valence electrons. The summed E-state index contributed by atoms with van der Waals surface area (Å²) in [5, 5.41) is 27.7. The summed E-state index contributed by atoms with van der Waals surface area (Å²) in [6.45, 7) is 0. The summed E-state index contributed by atoms with van der Waals surface area (Å²) in [6.07, 6.45) is 2.29. The molecule has 0 spiro atoms. The average Bonchev–Trinajstić information content (AvgIpc) is 2.58. The van der Waals surface area contributed by atoms with Crippen molar-refractivity contribution in [3.8, 4) is 0 Å². The number of aryl methyl sites for hydroxylation is 1. The molecule has 1 N–H and O–H groups in total. The number of nitro groups is 1. The van der Waals surface area contributed by atoms with E-state index in [2.05, 4.69) is 12.1 Å². The van der Waals surface area contributed by atoms with Crippen LogP contribution in [0.4, 0.5) is 5.69 Å². The third-order valence-corrected chi connectivity index (χ3v) is 5.34. The maximum Gasteiger partial charge on any atom is 0.277 e. The fraction of sp³-hybridized carbons (Fsp3) is 0.200. The second-order valence-electron chi connectivity index (χ2n) is 6.62. The number of nitrogens with zero attached hydrogens (tertiary/aromatic N) is 1. The highest BCUT2D eigenvalue weighted by molar-refractivity contribution is 6.25. The highest BCUT2D eigenvalue weighted by Gasteiger charge is 2.24. The standard InChI is InChI=1S/C20H15NO3/c22-17-3-1-2-12-10-13-5-4-11-6-9-16(21(23)24)14-7-8-15(18(12)17)20(13)19(11)14/h4-10,17,22H,1-3H2. The van der Waals surface area contributed by atoms with Crippen molar-refractivity contribution in [3.05, 3.63) is 63.7 Å². The van der Waals surface area contributed by atoms with E-state index in [4.69, 9.17) is 0 Å². The highest BCUT2D eigenvalue weighted by Crippen LogP contribution is 2.43. The van der Waals surface area contributed by atoms with Gasteiger partial charge in [0.15, 0.2) is 0 Å². The van der Waals surface area contributed by atoms with E-state index in [1.54, 1.807) is 6.07 Å². The third-order valence-electron chi connectivity index (χ3n) is 5.34. The molecule has 1 atom stereocenters. The van der Waals surface area contributed by atoms with Crippen molar-refractivity contribution >= 4 is 38.0 Å². The summed E-state index contributed by atoms with van der Waals surface area (Å²) in [5.74, 6) is 0. The number of hydrogen-bond donors (Lipinski definition) is 1. The second-order valence-corrected chi connectivity index (χ2v) is 6.62. The molecule has 4 heteroatoms. The van der Waals surface area contributed by atoms with E-state index in [1.807, 2.05) is 24.3 Å². The Kier molecular flexibility index (Phi) is 2.65. The number of rotatable bonds is 1. The van der Waals surface area contributed by atoms with Gasteiger partial charge in [0.05, 0.1) is 16.4 Å². The van der Waals surface area contributed by atoms with Crippen LogP contribution in [0.25, 0.3) is 32.3 Å². The predicted octanol–water partition coefficient (Wildman–Crippen LogP) is 4.86. The highest BCUT2D eigenvalue weighted by atomic mass is 16.6. The number of aliphatic hydroxyl groups excluding tert-OH is 1. The molecule has 0 aliphatic heterocycles. The lowest BCUT2D eigenvalue weighted by Gasteiger charge is -2.25. The van der Waals surface area contributed by atoms with Gasteiger partial charge in [-0.1, -0.05) is 24.3 Å². The number of hydrogen-bond acceptors (Lipinski definition) is 3. The first kappa shape index (κ1) is 13.7. The zero-order valence-electron chi connectivity index (χ0n) is 13.0. The van der Waals surface area contributed by atoms with Crippen LogP contribution in [0.5, 0.6) is 0 Å². The number of benzene rings is 4.